The maximum atomic E-state index is 14.3. The summed E-state index contributed by atoms with van der Waals surface area (Å²) < 4.78 is 81.6. The molecule has 1 aliphatic heterocycles. The van der Waals surface area contributed by atoms with Crippen LogP contribution in [0.5, 0.6) is 0 Å². The van der Waals surface area contributed by atoms with Crippen LogP contribution in [0.3, 0.4) is 0 Å². The number of hydrogen-bond acceptors (Lipinski definition) is 4. The number of pyridine rings is 1. The molecule has 0 saturated heterocycles. The highest BCUT2D eigenvalue weighted by Crippen LogP contribution is 2.48. The van der Waals surface area contributed by atoms with E-state index in [1.165, 1.54) is 17.9 Å². The highest BCUT2D eigenvalue weighted by Gasteiger charge is 2.43. The zero-order chi connectivity index (χ0) is 20.9. The van der Waals surface area contributed by atoms with Crippen LogP contribution in [-0.4, -0.2) is 11.5 Å². The van der Waals surface area contributed by atoms with Gasteiger partial charge < -0.3 is 4.90 Å². The molecule has 1 aliphatic rings. The minimum Gasteiger partial charge on any atom is -0.338 e. The van der Waals surface area contributed by atoms with Crippen molar-refractivity contribution in [2.75, 3.05) is 11.4 Å². The zero-order valence-corrected chi connectivity index (χ0v) is 14.2. The molecule has 28 heavy (non-hydrogen) atoms. The van der Waals surface area contributed by atoms with Crippen molar-refractivity contribution in [3.8, 4) is 12.1 Å². The van der Waals surface area contributed by atoms with Crippen molar-refractivity contribution < 1.29 is 26.3 Å². The molecule has 0 N–H and O–H groups in total. The third-order valence-electron chi connectivity index (χ3n) is 4.49. The molecule has 3 rings (SSSR count). The van der Waals surface area contributed by atoms with Crippen LogP contribution in [0.15, 0.2) is 18.3 Å². The fraction of sp³-hybridized carbons (Fsp3) is 0.278. The van der Waals surface area contributed by atoms with E-state index >= 15 is 0 Å². The van der Waals surface area contributed by atoms with E-state index in [4.69, 9.17) is 0 Å². The van der Waals surface area contributed by atoms with Gasteiger partial charge in [-0.3, -0.25) is 0 Å². The molecule has 2 aromatic rings. The summed E-state index contributed by atoms with van der Waals surface area (Å²) in [7, 11) is 0. The van der Waals surface area contributed by atoms with E-state index in [2.05, 4.69) is 4.98 Å². The first-order valence-corrected chi connectivity index (χ1v) is 7.87. The number of hydrogen-bond donors (Lipinski definition) is 0. The lowest BCUT2D eigenvalue weighted by molar-refractivity contribution is -0.141. The number of alkyl halides is 5. The van der Waals surface area contributed by atoms with Crippen LogP contribution in [0.4, 0.5) is 37.7 Å². The predicted molar refractivity (Wildman–Crippen MR) is 85.3 cm³/mol. The molecule has 0 spiro atoms. The Morgan fingerprint density at radius 3 is 2.43 bits per heavy atom. The molecule has 0 fully saturated rings. The van der Waals surface area contributed by atoms with Crippen LogP contribution in [0.25, 0.3) is 0 Å². The molecule has 0 unspecified atom stereocenters. The monoisotopic (exact) mass is 396 g/mol. The van der Waals surface area contributed by atoms with Gasteiger partial charge in [-0.05, 0) is 24.6 Å². The van der Waals surface area contributed by atoms with Crippen molar-refractivity contribution in [2.45, 2.75) is 25.4 Å². The van der Waals surface area contributed by atoms with Crippen molar-refractivity contribution in [2.24, 2.45) is 0 Å². The summed E-state index contributed by atoms with van der Waals surface area (Å²) in [6.45, 7) is 0.867. The number of aromatic nitrogens is 1. The van der Waals surface area contributed by atoms with Gasteiger partial charge in [-0.15, -0.1) is 0 Å². The molecule has 0 saturated carbocycles. The molecule has 4 nitrogen and oxygen atoms in total. The molecule has 1 aromatic heterocycles. The Morgan fingerprint density at radius 1 is 1.18 bits per heavy atom. The van der Waals surface area contributed by atoms with Crippen LogP contribution in [0, 0.1) is 35.4 Å². The van der Waals surface area contributed by atoms with E-state index in [-0.39, 0.29) is 23.5 Å². The third kappa shape index (κ3) is 3.01. The van der Waals surface area contributed by atoms with Gasteiger partial charge in [-0.2, -0.15) is 23.7 Å². The van der Waals surface area contributed by atoms with Crippen molar-refractivity contribution in [3.05, 3.63) is 52.1 Å². The van der Waals surface area contributed by atoms with Gasteiger partial charge in [0.1, 0.15) is 18.0 Å². The first kappa shape index (κ1) is 19.5. The molecule has 0 atom stereocenters. The Labute approximate surface area is 155 Å². The average Bonchev–Trinajstić information content (AvgIpc) is 2.61. The minimum atomic E-state index is -4.87. The summed E-state index contributed by atoms with van der Waals surface area (Å²) in [6.07, 6.45) is -4.81. The smallest absolute Gasteiger partial charge is 0.338 e. The predicted octanol–water partition coefficient (Wildman–Crippen LogP) is 4.92. The van der Waals surface area contributed by atoms with E-state index in [0.717, 1.165) is 12.3 Å². The summed E-state index contributed by atoms with van der Waals surface area (Å²) >= 11 is 0. The van der Waals surface area contributed by atoms with Crippen molar-refractivity contribution in [1.29, 1.82) is 10.5 Å². The summed E-state index contributed by atoms with van der Waals surface area (Å²) in [6, 6.07) is 4.45. The van der Waals surface area contributed by atoms with Gasteiger partial charge in [-0.1, -0.05) is 0 Å². The number of nitriles is 2. The second-order valence-corrected chi connectivity index (χ2v) is 6.17. The van der Waals surface area contributed by atoms with E-state index in [1.807, 2.05) is 0 Å². The highest BCUT2D eigenvalue weighted by molar-refractivity contribution is 5.77. The minimum absolute atomic E-state index is 0.0376. The number of nitrogens with zero attached hydrogens (tertiary/aromatic N) is 4. The van der Waals surface area contributed by atoms with Crippen molar-refractivity contribution in [3.63, 3.8) is 0 Å². The Kier molecular flexibility index (Phi) is 4.46. The van der Waals surface area contributed by atoms with E-state index in [1.54, 1.807) is 6.07 Å². The quantitative estimate of drug-likeness (QED) is 0.642. The normalized spacial score (nSPS) is 15.5. The van der Waals surface area contributed by atoms with Crippen molar-refractivity contribution in [1.82, 2.24) is 4.98 Å². The van der Waals surface area contributed by atoms with E-state index in [0.29, 0.717) is 6.07 Å². The molecular formula is C18H10F6N4. The highest BCUT2D eigenvalue weighted by atomic mass is 19.4. The van der Waals surface area contributed by atoms with Crippen LogP contribution < -0.4 is 4.90 Å². The van der Waals surface area contributed by atoms with Crippen LogP contribution in [0.1, 0.15) is 34.4 Å². The molecular weight excluding hydrogens is 386 g/mol. The fourth-order valence-electron chi connectivity index (χ4n) is 3.21. The molecule has 10 heteroatoms. The largest absolute Gasteiger partial charge is 0.434 e. The number of anilines is 2. The van der Waals surface area contributed by atoms with Gasteiger partial charge in [0.05, 0.1) is 28.7 Å². The first-order valence-electron chi connectivity index (χ1n) is 7.87. The maximum Gasteiger partial charge on any atom is 0.434 e. The number of rotatable bonds is 1. The summed E-state index contributed by atoms with van der Waals surface area (Å²) in [5.41, 5.74) is -3.75. The Morgan fingerprint density at radius 2 is 1.86 bits per heavy atom. The number of fused-ring (bicyclic) bond motifs is 1. The lowest BCUT2D eigenvalue weighted by Crippen LogP contribution is -2.34. The van der Waals surface area contributed by atoms with Gasteiger partial charge in [0.2, 0.25) is 0 Å². The van der Waals surface area contributed by atoms with Gasteiger partial charge in [0, 0.05) is 18.5 Å². The lowest BCUT2D eigenvalue weighted by atomic mass is 9.93. The molecule has 144 valence electrons. The summed E-state index contributed by atoms with van der Waals surface area (Å²) in [5, 5.41) is 18.4. The van der Waals surface area contributed by atoms with E-state index in [9.17, 15) is 36.9 Å². The standard InChI is InChI=1S/C18H10F6N4/c1-9-12(7-26)16(18(22,23)24)27-8-14(9)28-3-2-17(20,21)13-5-11(19)4-10(6-25)15(13)28/h4-5,8H,2-3H2,1H3. The van der Waals surface area contributed by atoms with Crippen LogP contribution >= 0.6 is 0 Å². The van der Waals surface area contributed by atoms with Gasteiger partial charge in [-0.25, -0.2) is 18.2 Å². The molecule has 0 amide bonds. The van der Waals surface area contributed by atoms with Gasteiger partial charge in [0.15, 0.2) is 5.69 Å². The maximum absolute atomic E-state index is 14.3. The number of halogens is 6. The molecule has 0 bridgehead atoms. The SMILES string of the molecule is Cc1c(N2CCC(F)(F)c3cc(F)cc(C#N)c32)cnc(C(F)(F)F)c1C#N. The Bertz CT molecular complexity index is 1050. The Hall–Kier alpha value is -3.27. The second-order valence-electron chi connectivity index (χ2n) is 6.17. The van der Waals surface area contributed by atoms with Crippen LogP contribution in [0.2, 0.25) is 0 Å². The van der Waals surface area contributed by atoms with Crippen LogP contribution in [-0.2, 0) is 12.1 Å². The topological polar surface area (TPSA) is 63.7 Å². The second kappa shape index (κ2) is 6.41. The van der Waals surface area contributed by atoms with Gasteiger partial charge >= 0.3 is 6.18 Å². The number of benzene rings is 1. The van der Waals surface area contributed by atoms with Crippen molar-refractivity contribution >= 4 is 11.4 Å². The summed E-state index contributed by atoms with van der Waals surface area (Å²) in [5.74, 6) is -4.46. The molecule has 0 radical (unpaired) electrons. The Balaban J connectivity index is 2.29. The average molecular weight is 396 g/mol. The lowest BCUT2D eigenvalue weighted by Gasteiger charge is -2.37. The van der Waals surface area contributed by atoms with E-state index < -0.39 is 46.7 Å². The fourth-order valence-corrected chi connectivity index (χ4v) is 3.21. The first-order chi connectivity index (χ1) is 13.0. The molecule has 0 aliphatic carbocycles. The third-order valence-corrected chi connectivity index (χ3v) is 4.49. The summed E-state index contributed by atoms with van der Waals surface area (Å²) in [4.78, 5) is 4.48. The van der Waals surface area contributed by atoms with Gasteiger partial charge in [0.25, 0.3) is 5.92 Å². The molecule has 1 aromatic carbocycles. The molecule has 2 heterocycles. The zero-order valence-electron chi connectivity index (χ0n) is 14.2.